The van der Waals surface area contributed by atoms with E-state index in [0.29, 0.717) is 33.1 Å². The zero-order valence-corrected chi connectivity index (χ0v) is 15.9. The molecule has 0 aromatic heterocycles. The van der Waals surface area contributed by atoms with Gasteiger partial charge in [0.1, 0.15) is 5.75 Å². The van der Waals surface area contributed by atoms with Crippen molar-refractivity contribution >= 4 is 45.1 Å². The highest BCUT2D eigenvalue weighted by atomic mass is 79.9. The molecule has 2 rings (SSSR count). The van der Waals surface area contributed by atoms with Crippen molar-refractivity contribution in [1.82, 2.24) is 0 Å². The molecule has 0 unspecified atom stereocenters. The van der Waals surface area contributed by atoms with Crippen molar-refractivity contribution in [2.24, 2.45) is 0 Å². The van der Waals surface area contributed by atoms with E-state index >= 15 is 0 Å². The molecule has 2 aromatic carbocycles. The highest BCUT2D eigenvalue weighted by molar-refractivity contribution is 9.10. The summed E-state index contributed by atoms with van der Waals surface area (Å²) in [6.45, 7) is 2.16. The molecule has 0 saturated carbocycles. The molecular formula is C18H17BrClNO4. The Hall–Kier alpha value is -2.05. The molecule has 5 nitrogen and oxygen atoms in total. The van der Waals surface area contributed by atoms with Gasteiger partial charge in [0.15, 0.2) is 6.61 Å². The quantitative estimate of drug-likeness (QED) is 0.653. The number of ether oxygens (including phenoxy) is 2. The van der Waals surface area contributed by atoms with Crippen LogP contribution in [0.15, 0.2) is 46.9 Å². The van der Waals surface area contributed by atoms with Gasteiger partial charge in [-0.15, -0.1) is 0 Å². The van der Waals surface area contributed by atoms with Crippen LogP contribution in [0, 0.1) is 0 Å². The monoisotopic (exact) mass is 425 g/mol. The van der Waals surface area contributed by atoms with Crippen LogP contribution in [0.4, 0.5) is 5.69 Å². The summed E-state index contributed by atoms with van der Waals surface area (Å²) >= 11 is 9.17. The summed E-state index contributed by atoms with van der Waals surface area (Å²) in [7, 11) is 0. The molecule has 0 heterocycles. The molecule has 0 spiro atoms. The van der Waals surface area contributed by atoms with Gasteiger partial charge in [0.05, 0.1) is 16.6 Å². The summed E-state index contributed by atoms with van der Waals surface area (Å²) < 4.78 is 11.2. The van der Waals surface area contributed by atoms with E-state index in [1.165, 1.54) is 0 Å². The van der Waals surface area contributed by atoms with Crippen LogP contribution >= 0.6 is 27.5 Å². The molecule has 0 aliphatic rings. The van der Waals surface area contributed by atoms with E-state index in [4.69, 9.17) is 21.1 Å². The number of halogens is 2. The first-order chi connectivity index (χ1) is 12.0. The Kier molecular flexibility index (Phi) is 7.28. The minimum Gasteiger partial charge on any atom is -0.483 e. The molecule has 2 aromatic rings. The fourth-order valence-electron chi connectivity index (χ4n) is 1.90. The van der Waals surface area contributed by atoms with E-state index in [1.54, 1.807) is 42.5 Å². The van der Waals surface area contributed by atoms with Crippen LogP contribution in [0.1, 0.15) is 23.7 Å². The lowest BCUT2D eigenvalue weighted by atomic mass is 10.2. The first kappa shape index (κ1) is 19.3. The molecule has 7 heteroatoms. The maximum Gasteiger partial charge on any atom is 0.338 e. The van der Waals surface area contributed by atoms with Gasteiger partial charge in [-0.2, -0.15) is 0 Å². The lowest BCUT2D eigenvalue weighted by Crippen LogP contribution is -2.20. The van der Waals surface area contributed by atoms with Crippen molar-refractivity contribution in [3.63, 3.8) is 0 Å². The normalized spacial score (nSPS) is 10.2. The van der Waals surface area contributed by atoms with E-state index in [9.17, 15) is 9.59 Å². The number of benzene rings is 2. The van der Waals surface area contributed by atoms with Gasteiger partial charge in [0.2, 0.25) is 0 Å². The van der Waals surface area contributed by atoms with Crippen molar-refractivity contribution in [3.05, 3.63) is 57.5 Å². The van der Waals surface area contributed by atoms with Gasteiger partial charge in [-0.25, -0.2) is 4.79 Å². The number of rotatable bonds is 7. The van der Waals surface area contributed by atoms with Crippen molar-refractivity contribution < 1.29 is 19.1 Å². The lowest BCUT2D eigenvalue weighted by molar-refractivity contribution is -0.118. The van der Waals surface area contributed by atoms with Gasteiger partial charge >= 0.3 is 5.97 Å². The van der Waals surface area contributed by atoms with Gasteiger partial charge < -0.3 is 14.8 Å². The predicted octanol–water partition coefficient (Wildman–Crippen LogP) is 4.69. The number of hydrogen-bond donors (Lipinski definition) is 1. The molecule has 1 N–H and O–H groups in total. The second-order valence-corrected chi connectivity index (χ2v) is 6.42. The summed E-state index contributed by atoms with van der Waals surface area (Å²) in [5.41, 5.74) is 1.00. The van der Waals surface area contributed by atoms with Crippen LogP contribution < -0.4 is 10.1 Å². The van der Waals surface area contributed by atoms with Gasteiger partial charge in [-0.05, 0) is 64.8 Å². The zero-order valence-electron chi connectivity index (χ0n) is 13.6. The zero-order chi connectivity index (χ0) is 18.2. The number of nitrogens with one attached hydrogen (secondary N) is 1. The van der Waals surface area contributed by atoms with Gasteiger partial charge in [-0.3, -0.25) is 4.79 Å². The number of esters is 1. The standard InChI is InChI=1S/C18H17BrClNO4/c1-2-9-24-18(23)12-3-6-14(7-4-12)21-17(22)11-25-16-8-5-13(20)10-15(16)19/h3-8,10H,2,9,11H2,1H3,(H,21,22). The minimum absolute atomic E-state index is 0.152. The van der Waals surface area contributed by atoms with Crippen LogP contribution in [-0.4, -0.2) is 25.1 Å². The Bertz CT molecular complexity index is 749. The molecule has 25 heavy (non-hydrogen) atoms. The van der Waals surface area contributed by atoms with E-state index in [1.807, 2.05) is 6.92 Å². The van der Waals surface area contributed by atoms with Crippen LogP contribution in [0.2, 0.25) is 5.02 Å². The van der Waals surface area contributed by atoms with E-state index in [2.05, 4.69) is 21.2 Å². The van der Waals surface area contributed by atoms with E-state index < -0.39 is 0 Å². The third-order valence-corrected chi connectivity index (χ3v) is 3.95. The van der Waals surface area contributed by atoms with Crippen LogP contribution in [0.5, 0.6) is 5.75 Å². The molecule has 0 aliphatic carbocycles. The summed E-state index contributed by atoms with van der Waals surface area (Å²) in [4.78, 5) is 23.7. The van der Waals surface area contributed by atoms with E-state index in [-0.39, 0.29) is 18.5 Å². The first-order valence-electron chi connectivity index (χ1n) is 7.64. The molecule has 132 valence electrons. The second-order valence-electron chi connectivity index (χ2n) is 5.12. The number of hydrogen-bond acceptors (Lipinski definition) is 4. The van der Waals surface area contributed by atoms with Crippen LogP contribution in [0.25, 0.3) is 0 Å². The molecule has 0 saturated heterocycles. The lowest BCUT2D eigenvalue weighted by Gasteiger charge is -2.09. The van der Waals surface area contributed by atoms with E-state index in [0.717, 1.165) is 6.42 Å². The largest absolute Gasteiger partial charge is 0.483 e. The third kappa shape index (κ3) is 6.07. The Balaban J connectivity index is 1.87. The Morgan fingerprint density at radius 1 is 1.16 bits per heavy atom. The van der Waals surface area contributed by atoms with Crippen molar-refractivity contribution in [1.29, 1.82) is 0 Å². The minimum atomic E-state index is -0.379. The van der Waals surface area contributed by atoms with Gasteiger partial charge in [-0.1, -0.05) is 18.5 Å². The first-order valence-corrected chi connectivity index (χ1v) is 8.81. The second kappa shape index (κ2) is 9.44. The molecule has 0 aliphatic heterocycles. The van der Waals surface area contributed by atoms with Gasteiger partial charge in [0, 0.05) is 10.7 Å². The number of carbonyl (C=O) groups is 2. The average Bonchev–Trinajstić information content (AvgIpc) is 2.59. The molecule has 0 radical (unpaired) electrons. The smallest absolute Gasteiger partial charge is 0.338 e. The summed E-state index contributed by atoms with van der Waals surface area (Å²) in [6, 6.07) is 11.5. The Morgan fingerprint density at radius 2 is 1.88 bits per heavy atom. The van der Waals surface area contributed by atoms with Crippen LogP contribution in [-0.2, 0) is 9.53 Å². The molecule has 0 atom stereocenters. The topological polar surface area (TPSA) is 64.6 Å². The molecule has 0 bridgehead atoms. The third-order valence-electron chi connectivity index (χ3n) is 3.09. The molecular weight excluding hydrogens is 410 g/mol. The highest BCUT2D eigenvalue weighted by Gasteiger charge is 2.09. The van der Waals surface area contributed by atoms with Gasteiger partial charge in [0.25, 0.3) is 5.91 Å². The summed E-state index contributed by atoms with van der Waals surface area (Å²) in [5, 5.41) is 3.27. The highest BCUT2D eigenvalue weighted by Crippen LogP contribution is 2.27. The molecule has 0 fully saturated rings. The fourth-order valence-corrected chi connectivity index (χ4v) is 2.70. The number of amides is 1. The maximum absolute atomic E-state index is 12.0. The SMILES string of the molecule is CCCOC(=O)c1ccc(NC(=O)COc2ccc(Cl)cc2Br)cc1. The average molecular weight is 427 g/mol. The number of anilines is 1. The number of carbonyl (C=O) groups excluding carboxylic acids is 2. The summed E-state index contributed by atoms with van der Waals surface area (Å²) in [5.74, 6) is -0.174. The van der Waals surface area contributed by atoms with Crippen LogP contribution in [0.3, 0.4) is 0 Å². The Morgan fingerprint density at radius 3 is 2.52 bits per heavy atom. The van der Waals surface area contributed by atoms with Crippen molar-refractivity contribution in [2.75, 3.05) is 18.5 Å². The van der Waals surface area contributed by atoms with Crippen molar-refractivity contribution in [3.8, 4) is 5.75 Å². The Labute approximate surface area is 159 Å². The van der Waals surface area contributed by atoms with Crippen molar-refractivity contribution in [2.45, 2.75) is 13.3 Å². The predicted molar refractivity (Wildman–Crippen MR) is 100 cm³/mol. The summed E-state index contributed by atoms with van der Waals surface area (Å²) in [6.07, 6.45) is 0.767. The maximum atomic E-state index is 12.0. The fraction of sp³-hybridized carbons (Fsp3) is 0.222. The molecule has 1 amide bonds.